The van der Waals surface area contributed by atoms with Gasteiger partial charge in [0.15, 0.2) is 0 Å². The van der Waals surface area contributed by atoms with Crippen molar-refractivity contribution in [3.05, 3.63) is 96.3 Å². The molecular weight excluding hydrogens is 321 g/mol. The maximum Gasteiger partial charge on any atom is 0.242 e. The van der Waals surface area contributed by atoms with E-state index in [4.69, 9.17) is 0 Å². The lowest BCUT2D eigenvalue weighted by atomic mass is 10.1. The Morgan fingerprint density at radius 3 is 2.08 bits per heavy atom. The third-order valence-electron chi connectivity index (χ3n) is 3.47. The van der Waals surface area contributed by atoms with Crippen LogP contribution in [0.4, 0.5) is 10.1 Å². The quantitative estimate of drug-likeness (QED) is 0.640. The second kappa shape index (κ2) is 7.79. The van der Waals surface area contributed by atoms with Crippen molar-refractivity contribution in [1.82, 2.24) is 0 Å². The zero-order valence-electron chi connectivity index (χ0n) is 12.9. The van der Waals surface area contributed by atoms with E-state index in [1.54, 1.807) is 18.2 Å². The first-order valence-corrected chi connectivity index (χ1v) is 8.44. The summed E-state index contributed by atoms with van der Waals surface area (Å²) in [5.41, 5.74) is 1.07. The summed E-state index contributed by atoms with van der Waals surface area (Å²) in [6, 6.07) is 25.4. The topological polar surface area (TPSA) is 29.1 Å². The van der Waals surface area contributed by atoms with Crippen LogP contribution in [0.2, 0.25) is 0 Å². The standard InChI is InChI=1S/C20H16FNOS/c21-17-13-7-8-14-18(17)22-20(23)19(15-9-3-1-4-10-15)24-16-11-5-2-6-12-16/h1-14,19H,(H,22,23)/t19-/m1/s1. The average Bonchev–Trinajstić information content (AvgIpc) is 2.63. The lowest BCUT2D eigenvalue weighted by Crippen LogP contribution is -2.19. The summed E-state index contributed by atoms with van der Waals surface area (Å²) in [5.74, 6) is -0.692. The predicted molar refractivity (Wildman–Crippen MR) is 96.5 cm³/mol. The van der Waals surface area contributed by atoms with Crippen LogP contribution in [0.15, 0.2) is 89.8 Å². The molecule has 120 valence electrons. The average molecular weight is 337 g/mol. The van der Waals surface area contributed by atoms with Crippen LogP contribution in [-0.4, -0.2) is 5.91 Å². The first kappa shape index (κ1) is 16.3. The number of carbonyl (C=O) groups excluding carboxylic acids is 1. The Labute approximate surface area is 144 Å². The fraction of sp³-hybridized carbons (Fsp3) is 0.0500. The van der Waals surface area contributed by atoms with E-state index < -0.39 is 11.1 Å². The van der Waals surface area contributed by atoms with E-state index >= 15 is 0 Å². The molecule has 0 saturated heterocycles. The van der Waals surface area contributed by atoms with E-state index in [0.29, 0.717) is 0 Å². The monoisotopic (exact) mass is 337 g/mol. The van der Waals surface area contributed by atoms with Gasteiger partial charge in [-0.15, -0.1) is 11.8 Å². The number of rotatable bonds is 5. The summed E-state index contributed by atoms with van der Waals surface area (Å²) in [7, 11) is 0. The number of nitrogens with one attached hydrogen (secondary N) is 1. The van der Waals surface area contributed by atoms with Crippen LogP contribution in [0.1, 0.15) is 10.8 Å². The van der Waals surface area contributed by atoms with Gasteiger partial charge in [0.1, 0.15) is 11.1 Å². The van der Waals surface area contributed by atoms with Crippen LogP contribution in [0, 0.1) is 5.82 Å². The predicted octanol–water partition coefficient (Wildman–Crippen LogP) is 5.30. The van der Waals surface area contributed by atoms with Crippen LogP contribution < -0.4 is 5.32 Å². The van der Waals surface area contributed by atoms with E-state index in [1.807, 2.05) is 60.7 Å². The zero-order chi connectivity index (χ0) is 16.8. The number of thioether (sulfide) groups is 1. The van der Waals surface area contributed by atoms with Crippen LogP contribution in [0.5, 0.6) is 0 Å². The molecule has 0 aromatic heterocycles. The molecule has 0 bridgehead atoms. The molecule has 0 aliphatic carbocycles. The second-order valence-electron chi connectivity index (χ2n) is 5.19. The Hall–Kier alpha value is -2.59. The summed E-state index contributed by atoms with van der Waals surface area (Å²) < 4.78 is 13.8. The molecule has 24 heavy (non-hydrogen) atoms. The fourth-order valence-electron chi connectivity index (χ4n) is 2.30. The highest BCUT2D eigenvalue weighted by molar-refractivity contribution is 8.00. The molecule has 3 rings (SSSR count). The summed E-state index contributed by atoms with van der Waals surface area (Å²) in [4.78, 5) is 13.8. The van der Waals surface area contributed by atoms with Crippen molar-refractivity contribution in [2.24, 2.45) is 0 Å². The van der Waals surface area contributed by atoms with Gasteiger partial charge in [-0.25, -0.2) is 4.39 Å². The lowest BCUT2D eigenvalue weighted by molar-refractivity contribution is -0.115. The molecule has 3 aromatic rings. The zero-order valence-corrected chi connectivity index (χ0v) is 13.7. The highest BCUT2D eigenvalue weighted by Crippen LogP contribution is 2.36. The van der Waals surface area contributed by atoms with Gasteiger partial charge in [-0.05, 0) is 29.8 Å². The van der Waals surface area contributed by atoms with Gasteiger partial charge >= 0.3 is 0 Å². The molecule has 0 aliphatic rings. The molecule has 0 spiro atoms. The summed E-state index contributed by atoms with van der Waals surface area (Å²) >= 11 is 1.44. The van der Waals surface area contributed by atoms with Gasteiger partial charge < -0.3 is 5.32 Å². The smallest absolute Gasteiger partial charge is 0.242 e. The van der Waals surface area contributed by atoms with Gasteiger partial charge in [0, 0.05) is 4.90 Å². The Morgan fingerprint density at radius 1 is 0.833 bits per heavy atom. The summed E-state index contributed by atoms with van der Waals surface area (Å²) in [6.45, 7) is 0. The molecule has 2 nitrogen and oxygen atoms in total. The number of carbonyl (C=O) groups is 1. The SMILES string of the molecule is O=C(Nc1ccccc1F)[C@H](Sc1ccccc1)c1ccccc1. The van der Waals surface area contributed by atoms with E-state index in [1.165, 1.54) is 17.8 Å². The van der Waals surface area contributed by atoms with Crippen LogP contribution >= 0.6 is 11.8 Å². The second-order valence-corrected chi connectivity index (χ2v) is 6.37. The number of anilines is 1. The maximum atomic E-state index is 13.8. The molecule has 0 saturated carbocycles. The van der Waals surface area contributed by atoms with Crippen molar-refractivity contribution in [2.45, 2.75) is 10.1 Å². The van der Waals surface area contributed by atoms with Crippen molar-refractivity contribution in [3.8, 4) is 0 Å². The van der Waals surface area contributed by atoms with Crippen molar-refractivity contribution >= 4 is 23.4 Å². The molecule has 1 atom stereocenters. The Morgan fingerprint density at radius 2 is 1.42 bits per heavy atom. The first-order chi connectivity index (χ1) is 11.7. The van der Waals surface area contributed by atoms with E-state index in [0.717, 1.165) is 10.5 Å². The first-order valence-electron chi connectivity index (χ1n) is 7.56. The fourth-order valence-corrected chi connectivity index (χ4v) is 3.34. The van der Waals surface area contributed by atoms with Crippen molar-refractivity contribution < 1.29 is 9.18 Å². The molecule has 0 unspecified atom stereocenters. The maximum absolute atomic E-state index is 13.8. The molecule has 4 heteroatoms. The Kier molecular flexibility index (Phi) is 5.29. The van der Waals surface area contributed by atoms with Gasteiger partial charge in [-0.2, -0.15) is 0 Å². The molecular formula is C20H16FNOS. The van der Waals surface area contributed by atoms with E-state index in [9.17, 15) is 9.18 Å². The summed E-state index contributed by atoms with van der Waals surface area (Å²) in [5, 5.41) is 2.23. The van der Waals surface area contributed by atoms with E-state index in [2.05, 4.69) is 5.32 Å². The number of para-hydroxylation sites is 1. The normalized spacial score (nSPS) is 11.7. The minimum atomic E-state index is -0.465. The minimum absolute atomic E-state index is 0.192. The number of halogens is 1. The van der Waals surface area contributed by atoms with Crippen molar-refractivity contribution in [2.75, 3.05) is 5.32 Å². The Balaban J connectivity index is 1.87. The van der Waals surface area contributed by atoms with Gasteiger partial charge in [0.2, 0.25) is 5.91 Å². The highest BCUT2D eigenvalue weighted by Gasteiger charge is 2.22. The summed E-state index contributed by atoms with van der Waals surface area (Å²) in [6.07, 6.45) is 0. The van der Waals surface area contributed by atoms with Gasteiger partial charge in [-0.3, -0.25) is 4.79 Å². The largest absolute Gasteiger partial charge is 0.322 e. The number of hydrogen-bond acceptors (Lipinski definition) is 2. The van der Waals surface area contributed by atoms with Gasteiger partial charge in [-0.1, -0.05) is 60.7 Å². The van der Waals surface area contributed by atoms with Crippen LogP contribution in [0.25, 0.3) is 0 Å². The molecule has 1 N–H and O–H groups in total. The number of hydrogen-bond donors (Lipinski definition) is 1. The molecule has 0 aliphatic heterocycles. The molecule has 1 amide bonds. The van der Waals surface area contributed by atoms with Crippen LogP contribution in [0.3, 0.4) is 0 Å². The Bertz CT molecular complexity index is 808. The number of amides is 1. The van der Waals surface area contributed by atoms with Crippen molar-refractivity contribution in [3.63, 3.8) is 0 Å². The van der Waals surface area contributed by atoms with E-state index in [-0.39, 0.29) is 11.6 Å². The molecule has 0 radical (unpaired) electrons. The lowest BCUT2D eigenvalue weighted by Gasteiger charge is -2.17. The third kappa shape index (κ3) is 4.03. The van der Waals surface area contributed by atoms with Crippen molar-refractivity contribution in [1.29, 1.82) is 0 Å². The highest BCUT2D eigenvalue weighted by atomic mass is 32.2. The minimum Gasteiger partial charge on any atom is -0.322 e. The molecule has 0 fully saturated rings. The molecule has 0 heterocycles. The van der Waals surface area contributed by atoms with Gasteiger partial charge in [0.05, 0.1) is 5.69 Å². The van der Waals surface area contributed by atoms with Crippen LogP contribution in [-0.2, 0) is 4.79 Å². The number of benzene rings is 3. The molecule has 3 aromatic carbocycles. The third-order valence-corrected chi connectivity index (χ3v) is 4.74. The van der Waals surface area contributed by atoms with Gasteiger partial charge in [0.25, 0.3) is 0 Å².